The van der Waals surface area contributed by atoms with Crippen LogP contribution in [0.5, 0.6) is 0 Å². The molecule has 0 atom stereocenters. The van der Waals surface area contributed by atoms with Gasteiger partial charge >= 0.3 is 0 Å². The topological polar surface area (TPSA) is 84.3 Å². The number of piperidine rings is 1. The molecule has 1 saturated heterocycles. The lowest BCUT2D eigenvalue weighted by Gasteiger charge is -2.29. The second kappa shape index (κ2) is 7.44. The molecule has 1 fully saturated rings. The molecule has 1 aliphatic rings. The fourth-order valence-corrected chi connectivity index (χ4v) is 4.17. The van der Waals surface area contributed by atoms with Crippen LogP contribution in [0.1, 0.15) is 38.4 Å². The molecule has 1 amide bonds. The van der Waals surface area contributed by atoms with Crippen molar-refractivity contribution in [2.45, 2.75) is 44.6 Å². The van der Waals surface area contributed by atoms with Crippen LogP contribution >= 0.6 is 0 Å². The van der Waals surface area contributed by atoms with Crippen LogP contribution in [0.15, 0.2) is 11.2 Å². The smallest absolute Gasteiger partial charge is 0.262 e. The van der Waals surface area contributed by atoms with Gasteiger partial charge in [-0.25, -0.2) is 13.4 Å². The molecule has 2 rings (SSSR count). The highest BCUT2D eigenvalue weighted by atomic mass is 32.2. The fourth-order valence-electron chi connectivity index (χ4n) is 2.67. The first-order chi connectivity index (χ1) is 10.9. The first kappa shape index (κ1) is 17.9. The molecule has 0 spiro atoms. The SMILES string of the molecule is CCCCNC(=O)C1CCN(S(=O)(=O)c2cn(C)c(C)n2)CC1. The van der Waals surface area contributed by atoms with Crippen LogP contribution in [0.4, 0.5) is 0 Å². The van der Waals surface area contributed by atoms with Gasteiger partial charge in [0, 0.05) is 38.8 Å². The summed E-state index contributed by atoms with van der Waals surface area (Å²) in [6, 6.07) is 0. The molecule has 0 aliphatic carbocycles. The Morgan fingerprint density at radius 1 is 1.39 bits per heavy atom. The summed E-state index contributed by atoms with van der Waals surface area (Å²) < 4.78 is 28.3. The highest BCUT2D eigenvalue weighted by Crippen LogP contribution is 2.23. The molecule has 0 unspecified atom stereocenters. The molecule has 0 aromatic carbocycles. The van der Waals surface area contributed by atoms with E-state index in [9.17, 15) is 13.2 Å². The van der Waals surface area contributed by atoms with Crippen LogP contribution in [0.2, 0.25) is 0 Å². The molecule has 0 radical (unpaired) electrons. The van der Waals surface area contributed by atoms with Gasteiger partial charge in [0.05, 0.1) is 0 Å². The molecule has 23 heavy (non-hydrogen) atoms. The molecule has 1 aromatic rings. The monoisotopic (exact) mass is 342 g/mol. The number of imidazole rings is 1. The Morgan fingerprint density at radius 3 is 2.57 bits per heavy atom. The van der Waals surface area contributed by atoms with Crippen molar-refractivity contribution in [2.75, 3.05) is 19.6 Å². The maximum Gasteiger partial charge on any atom is 0.262 e. The van der Waals surface area contributed by atoms with E-state index in [1.807, 2.05) is 0 Å². The minimum Gasteiger partial charge on any atom is -0.356 e. The van der Waals surface area contributed by atoms with Crippen molar-refractivity contribution in [1.82, 2.24) is 19.2 Å². The average Bonchev–Trinajstić information content (AvgIpc) is 2.88. The third-order valence-corrected chi connectivity index (χ3v) is 6.12. The van der Waals surface area contributed by atoms with Gasteiger partial charge in [0.2, 0.25) is 5.91 Å². The van der Waals surface area contributed by atoms with Crippen molar-refractivity contribution in [3.63, 3.8) is 0 Å². The molecule has 1 N–H and O–H groups in total. The summed E-state index contributed by atoms with van der Waals surface area (Å²) in [4.78, 5) is 16.2. The highest BCUT2D eigenvalue weighted by molar-refractivity contribution is 7.89. The predicted molar refractivity (Wildman–Crippen MR) is 87.3 cm³/mol. The van der Waals surface area contributed by atoms with Crippen LogP contribution in [0.3, 0.4) is 0 Å². The maximum atomic E-state index is 12.6. The molecule has 2 heterocycles. The molecule has 0 saturated carbocycles. The van der Waals surface area contributed by atoms with Crippen molar-refractivity contribution < 1.29 is 13.2 Å². The molecule has 8 heteroatoms. The van der Waals surface area contributed by atoms with Crippen LogP contribution < -0.4 is 5.32 Å². The summed E-state index contributed by atoms with van der Waals surface area (Å²) in [5.74, 6) is 0.613. The molecule has 0 bridgehead atoms. The van der Waals surface area contributed by atoms with Gasteiger partial charge in [-0.1, -0.05) is 13.3 Å². The van der Waals surface area contributed by atoms with Crippen LogP contribution in [-0.4, -0.2) is 47.8 Å². The molecule has 1 aromatic heterocycles. The van der Waals surface area contributed by atoms with Gasteiger partial charge in [0.25, 0.3) is 10.0 Å². The number of carbonyl (C=O) groups excluding carboxylic acids is 1. The number of hydrogen-bond acceptors (Lipinski definition) is 4. The summed E-state index contributed by atoms with van der Waals surface area (Å²) in [5, 5.41) is 3.01. The van der Waals surface area contributed by atoms with Crippen molar-refractivity contribution in [3.05, 3.63) is 12.0 Å². The first-order valence-corrected chi connectivity index (χ1v) is 9.58. The van der Waals surface area contributed by atoms with E-state index >= 15 is 0 Å². The number of nitrogens with one attached hydrogen (secondary N) is 1. The van der Waals surface area contributed by atoms with Crippen LogP contribution in [0, 0.1) is 12.8 Å². The van der Waals surface area contributed by atoms with E-state index in [0.717, 1.165) is 12.8 Å². The van der Waals surface area contributed by atoms with E-state index in [1.54, 1.807) is 18.5 Å². The van der Waals surface area contributed by atoms with Crippen molar-refractivity contribution >= 4 is 15.9 Å². The summed E-state index contributed by atoms with van der Waals surface area (Å²) in [6.07, 6.45) is 4.67. The number of amides is 1. The van der Waals surface area contributed by atoms with Crippen LogP contribution in [0.25, 0.3) is 0 Å². The van der Waals surface area contributed by atoms with E-state index in [2.05, 4.69) is 17.2 Å². The predicted octanol–water partition coefficient (Wildman–Crippen LogP) is 1.05. The lowest BCUT2D eigenvalue weighted by atomic mass is 9.97. The Labute approximate surface area is 138 Å². The van der Waals surface area contributed by atoms with Gasteiger partial charge in [-0.3, -0.25) is 4.79 Å². The molecule has 7 nitrogen and oxygen atoms in total. The summed E-state index contributed by atoms with van der Waals surface area (Å²) in [7, 11) is -1.79. The lowest BCUT2D eigenvalue weighted by Crippen LogP contribution is -2.43. The maximum absolute atomic E-state index is 12.6. The number of carbonyl (C=O) groups is 1. The summed E-state index contributed by atoms with van der Waals surface area (Å²) >= 11 is 0. The number of rotatable bonds is 6. The quantitative estimate of drug-likeness (QED) is 0.783. The molecule has 1 aliphatic heterocycles. The zero-order valence-electron chi connectivity index (χ0n) is 14.1. The Balaban J connectivity index is 1.94. The first-order valence-electron chi connectivity index (χ1n) is 8.14. The molecular formula is C15H26N4O3S. The summed E-state index contributed by atoms with van der Waals surface area (Å²) in [6.45, 7) is 5.27. The van der Waals surface area contributed by atoms with E-state index in [0.29, 0.717) is 38.3 Å². The normalized spacial score (nSPS) is 17.3. The average molecular weight is 342 g/mol. The number of hydrogen-bond donors (Lipinski definition) is 1. The zero-order chi connectivity index (χ0) is 17.0. The van der Waals surface area contributed by atoms with Gasteiger partial charge in [0.15, 0.2) is 5.03 Å². The second-order valence-electron chi connectivity index (χ2n) is 6.06. The fraction of sp³-hybridized carbons (Fsp3) is 0.733. The molecular weight excluding hydrogens is 316 g/mol. The van der Waals surface area contributed by atoms with Gasteiger partial charge in [-0.2, -0.15) is 4.31 Å². The standard InChI is InChI=1S/C15H26N4O3S/c1-4-5-8-16-15(20)13-6-9-19(10-7-13)23(21,22)14-11-18(3)12(2)17-14/h11,13H,4-10H2,1-3H3,(H,16,20). The van der Waals surface area contributed by atoms with E-state index in [-0.39, 0.29) is 16.9 Å². The Bertz CT molecular complexity index is 626. The minimum absolute atomic E-state index is 0.0455. The highest BCUT2D eigenvalue weighted by Gasteiger charge is 2.33. The number of aromatic nitrogens is 2. The Hall–Kier alpha value is -1.41. The van der Waals surface area contributed by atoms with Crippen molar-refractivity contribution in [2.24, 2.45) is 13.0 Å². The third-order valence-electron chi connectivity index (χ3n) is 4.35. The largest absolute Gasteiger partial charge is 0.356 e. The second-order valence-corrected chi connectivity index (χ2v) is 7.95. The summed E-state index contributed by atoms with van der Waals surface area (Å²) in [5.41, 5.74) is 0. The van der Waals surface area contributed by atoms with Gasteiger partial charge in [0.1, 0.15) is 5.82 Å². The number of sulfonamides is 1. The van der Waals surface area contributed by atoms with E-state index < -0.39 is 10.0 Å². The zero-order valence-corrected chi connectivity index (χ0v) is 14.9. The lowest BCUT2D eigenvalue weighted by molar-refractivity contribution is -0.126. The van der Waals surface area contributed by atoms with Crippen molar-refractivity contribution in [1.29, 1.82) is 0 Å². The number of nitrogens with zero attached hydrogens (tertiary/aromatic N) is 3. The number of unbranched alkanes of at least 4 members (excludes halogenated alkanes) is 1. The Morgan fingerprint density at radius 2 is 2.04 bits per heavy atom. The van der Waals surface area contributed by atoms with Gasteiger partial charge in [-0.15, -0.1) is 0 Å². The Kier molecular flexibility index (Phi) is 5.80. The van der Waals surface area contributed by atoms with E-state index in [4.69, 9.17) is 0 Å². The minimum atomic E-state index is -3.56. The van der Waals surface area contributed by atoms with Gasteiger partial charge < -0.3 is 9.88 Å². The van der Waals surface area contributed by atoms with E-state index in [1.165, 1.54) is 10.5 Å². The number of aryl methyl sites for hydroxylation is 2. The third kappa shape index (κ3) is 4.11. The molecule has 130 valence electrons. The van der Waals surface area contributed by atoms with Crippen LogP contribution in [-0.2, 0) is 21.9 Å². The van der Waals surface area contributed by atoms with Gasteiger partial charge in [-0.05, 0) is 26.2 Å². The van der Waals surface area contributed by atoms with Crippen molar-refractivity contribution in [3.8, 4) is 0 Å².